The number of unbranched alkanes of at least 4 members (excludes halogenated alkanes) is 1. The number of carbonyl (C=O) groups excluding carboxylic acids is 1. The molecule has 0 heterocycles. The summed E-state index contributed by atoms with van der Waals surface area (Å²) in [5.41, 5.74) is 0. The Kier molecular flexibility index (Phi) is 13.5. The third-order valence-electron chi connectivity index (χ3n) is 3.65. The summed E-state index contributed by atoms with van der Waals surface area (Å²) in [5.74, 6) is 1.97. The van der Waals surface area contributed by atoms with Gasteiger partial charge in [-0.3, -0.25) is 4.79 Å². The maximum atomic E-state index is 11.8. The van der Waals surface area contributed by atoms with Crippen LogP contribution in [0, 0.1) is 0 Å². The predicted octanol–water partition coefficient (Wildman–Crippen LogP) is 2.50. The fourth-order valence-corrected chi connectivity index (χ4v) is 2.06. The summed E-state index contributed by atoms with van der Waals surface area (Å²) in [4.78, 5) is 17.6. The SMILES string of the molecule is CCCCNC(=NCC(=O)N(C)C)NCC(C)Oc1ccccc1OC.I. The molecule has 0 bridgehead atoms. The third-order valence-corrected chi connectivity index (χ3v) is 3.65. The third kappa shape index (κ3) is 10.3. The van der Waals surface area contributed by atoms with Crippen LogP contribution >= 0.6 is 24.0 Å². The number of hydrogen-bond acceptors (Lipinski definition) is 4. The topological polar surface area (TPSA) is 75.2 Å². The minimum absolute atomic E-state index is 0. The Labute approximate surface area is 179 Å². The van der Waals surface area contributed by atoms with Crippen LogP contribution in [-0.2, 0) is 4.79 Å². The van der Waals surface area contributed by atoms with E-state index in [9.17, 15) is 4.79 Å². The molecule has 0 spiro atoms. The van der Waals surface area contributed by atoms with E-state index >= 15 is 0 Å². The number of para-hydroxylation sites is 2. The van der Waals surface area contributed by atoms with Crippen molar-refractivity contribution in [2.75, 3.05) is 40.8 Å². The minimum atomic E-state index is -0.103. The van der Waals surface area contributed by atoms with Crippen molar-refractivity contribution in [2.45, 2.75) is 32.8 Å². The monoisotopic (exact) mass is 492 g/mol. The van der Waals surface area contributed by atoms with Gasteiger partial charge in [0.15, 0.2) is 17.5 Å². The molecule has 2 N–H and O–H groups in total. The maximum Gasteiger partial charge on any atom is 0.243 e. The van der Waals surface area contributed by atoms with Crippen LogP contribution in [-0.4, -0.2) is 63.7 Å². The van der Waals surface area contributed by atoms with Crippen molar-refractivity contribution in [1.29, 1.82) is 0 Å². The lowest BCUT2D eigenvalue weighted by atomic mass is 10.3. The van der Waals surface area contributed by atoms with E-state index in [1.165, 1.54) is 4.90 Å². The zero-order valence-electron chi connectivity index (χ0n) is 16.9. The van der Waals surface area contributed by atoms with Gasteiger partial charge in [-0.25, -0.2) is 4.99 Å². The second-order valence-corrected chi connectivity index (χ2v) is 6.19. The molecule has 27 heavy (non-hydrogen) atoms. The fraction of sp³-hybridized carbons (Fsp3) is 0.579. The normalized spacial score (nSPS) is 11.8. The molecule has 1 unspecified atom stereocenters. The van der Waals surface area contributed by atoms with Crippen molar-refractivity contribution in [3.05, 3.63) is 24.3 Å². The molecule has 1 aromatic rings. The molecule has 154 valence electrons. The van der Waals surface area contributed by atoms with Crippen LogP contribution < -0.4 is 20.1 Å². The van der Waals surface area contributed by atoms with Crippen molar-refractivity contribution in [3.8, 4) is 11.5 Å². The van der Waals surface area contributed by atoms with E-state index in [1.807, 2.05) is 31.2 Å². The molecule has 0 aliphatic carbocycles. The van der Waals surface area contributed by atoms with Gasteiger partial charge in [0.1, 0.15) is 12.6 Å². The molecular formula is C19H33IN4O3. The number of methoxy groups -OCH3 is 1. The molecule has 0 saturated heterocycles. The van der Waals surface area contributed by atoms with Gasteiger partial charge >= 0.3 is 0 Å². The van der Waals surface area contributed by atoms with Gasteiger partial charge in [-0.15, -0.1) is 24.0 Å². The summed E-state index contributed by atoms with van der Waals surface area (Å²) < 4.78 is 11.2. The molecule has 8 heteroatoms. The fourth-order valence-electron chi connectivity index (χ4n) is 2.06. The summed E-state index contributed by atoms with van der Waals surface area (Å²) >= 11 is 0. The number of halogens is 1. The van der Waals surface area contributed by atoms with Crippen molar-refractivity contribution in [1.82, 2.24) is 15.5 Å². The lowest BCUT2D eigenvalue weighted by Crippen LogP contribution is -2.43. The largest absolute Gasteiger partial charge is 0.493 e. The molecule has 0 aliphatic rings. The van der Waals surface area contributed by atoms with Crippen LogP contribution in [0.3, 0.4) is 0 Å². The van der Waals surface area contributed by atoms with Crippen LogP contribution in [0.5, 0.6) is 11.5 Å². The van der Waals surface area contributed by atoms with Crippen molar-refractivity contribution in [3.63, 3.8) is 0 Å². The first-order valence-corrected chi connectivity index (χ1v) is 8.99. The number of likely N-dealkylation sites (N-methyl/N-ethyl adjacent to an activating group) is 1. The summed E-state index contributed by atoms with van der Waals surface area (Å²) in [5, 5.41) is 6.48. The number of rotatable bonds is 10. The zero-order valence-corrected chi connectivity index (χ0v) is 19.3. The van der Waals surface area contributed by atoms with Gasteiger partial charge in [0.05, 0.1) is 13.7 Å². The Morgan fingerprint density at radius 3 is 2.48 bits per heavy atom. The van der Waals surface area contributed by atoms with Gasteiger partial charge in [0, 0.05) is 20.6 Å². The van der Waals surface area contributed by atoms with Gasteiger partial charge in [0.2, 0.25) is 5.91 Å². The van der Waals surface area contributed by atoms with E-state index in [0.29, 0.717) is 24.0 Å². The molecular weight excluding hydrogens is 459 g/mol. The number of nitrogens with one attached hydrogen (secondary N) is 2. The number of carbonyl (C=O) groups is 1. The second kappa shape index (κ2) is 14.4. The molecule has 7 nitrogen and oxygen atoms in total. The number of amides is 1. The first kappa shape index (κ1) is 25.3. The highest BCUT2D eigenvalue weighted by Gasteiger charge is 2.10. The number of benzene rings is 1. The Bertz CT molecular complexity index is 582. The van der Waals surface area contributed by atoms with Gasteiger partial charge in [0.25, 0.3) is 0 Å². The van der Waals surface area contributed by atoms with E-state index in [0.717, 1.165) is 19.4 Å². The van der Waals surface area contributed by atoms with E-state index in [4.69, 9.17) is 9.47 Å². The van der Waals surface area contributed by atoms with E-state index in [2.05, 4.69) is 22.5 Å². The number of nitrogens with zero attached hydrogens (tertiary/aromatic N) is 2. The van der Waals surface area contributed by atoms with Crippen LogP contribution in [0.2, 0.25) is 0 Å². The van der Waals surface area contributed by atoms with Gasteiger partial charge < -0.3 is 25.0 Å². The molecule has 1 aromatic carbocycles. The number of ether oxygens (including phenoxy) is 2. The molecule has 1 atom stereocenters. The minimum Gasteiger partial charge on any atom is -0.493 e. The Balaban J connectivity index is 0.00000676. The van der Waals surface area contributed by atoms with E-state index in [-0.39, 0.29) is 42.5 Å². The highest BCUT2D eigenvalue weighted by atomic mass is 127. The number of guanidine groups is 1. The standard InChI is InChI=1S/C19H32N4O3.HI/c1-6-7-12-20-19(22-14-18(24)23(3)4)21-13-15(2)26-17-11-9-8-10-16(17)25-5;/h8-11,15H,6-7,12-14H2,1-5H3,(H2,20,21,22);1H. The van der Waals surface area contributed by atoms with Gasteiger partial charge in [-0.2, -0.15) is 0 Å². The van der Waals surface area contributed by atoms with Crippen LogP contribution in [0.4, 0.5) is 0 Å². The molecule has 0 aromatic heterocycles. The number of aliphatic imine (C=N–C) groups is 1. The highest BCUT2D eigenvalue weighted by Crippen LogP contribution is 2.26. The van der Waals surface area contributed by atoms with Gasteiger partial charge in [-0.05, 0) is 25.5 Å². The van der Waals surface area contributed by atoms with Crippen molar-refractivity contribution in [2.24, 2.45) is 4.99 Å². The molecule has 1 rings (SSSR count). The summed E-state index contributed by atoms with van der Waals surface area (Å²) in [6, 6.07) is 7.55. The highest BCUT2D eigenvalue weighted by molar-refractivity contribution is 14.0. The second-order valence-electron chi connectivity index (χ2n) is 6.19. The molecule has 0 fully saturated rings. The molecule has 0 radical (unpaired) electrons. The van der Waals surface area contributed by atoms with Crippen molar-refractivity contribution < 1.29 is 14.3 Å². The van der Waals surface area contributed by atoms with Gasteiger partial charge in [-0.1, -0.05) is 25.5 Å². The first-order chi connectivity index (χ1) is 12.5. The van der Waals surface area contributed by atoms with E-state index < -0.39 is 0 Å². The average Bonchev–Trinajstić information content (AvgIpc) is 2.63. The molecule has 0 saturated carbocycles. The average molecular weight is 492 g/mol. The predicted molar refractivity (Wildman–Crippen MR) is 120 cm³/mol. The lowest BCUT2D eigenvalue weighted by molar-refractivity contribution is -0.127. The Hall–Kier alpha value is -1.71. The maximum absolute atomic E-state index is 11.8. The van der Waals surface area contributed by atoms with Crippen LogP contribution in [0.1, 0.15) is 26.7 Å². The molecule has 1 amide bonds. The summed E-state index contributed by atoms with van der Waals surface area (Å²) in [6.45, 7) is 5.56. The van der Waals surface area contributed by atoms with Crippen LogP contribution in [0.25, 0.3) is 0 Å². The van der Waals surface area contributed by atoms with Crippen LogP contribution in [0.15, 0.2) is 29.3 Å². The zero-order chi connectivity index (χ0) is 19.4. The quantitative estimate of drug-likeness (QED) is 0.227. The summed E-state index contributed by atoms with van der Waals surface area (Å²) in [6.07, 6.45) is 2.02. The Morgan fingerprint density at radius 2 is 1.89 bits per heavy atom. The molecule has 0 aliphatic heterocycles. The Morgan fingerprint density at radius 1 is 1.22 bits per heavy atom. The lowest BCUT2D eigenvalue weighted by Gasteiger charge is -2.19. The summed E-state index contributed by atoms with van der Waals surface area (Å²) in [7, 11) is 5.06. The van der Waals surface area contributed by atoms with E-state index in [1.54, 1.807) is 21.2 Å². The first-order valence-electron chi connectivity index (χ1n) is 8.99. The van der Waals surface area contributed by atoms with Crippen molar-refractivity contribution >= 4 is 35.8 Å². The smallest absolute Gasteiger partial charge is 0.243 e. The number of hydrogen-bond donors (Lipinski definition) is 2.